The first-order valence-corrected chi connectivity index (χ1v) is 4.60. The molecule has 1 rings (SSSR count). The van der Waals surface area contributed by atoms with Crippen LogP contribution in [0.2, 0.25) is 0 Å². The molecule has 1 saturated heterocycles. The number of nitrogens with zero attached hydrogens (tertiary/aromatic N) is 3. The molecule has 5 nitrogen and oxygen atoms in total. The lowest BCUT2D eigenvalue weighted by Gasteiger charge is -2.15. The zero-order valence-electron chi connectivity index (χ0n) is 8.56. The van der Waals surface area contributed by atoms with E-state index in [0.29, 0.717) is 13.1 Å². The zero-order valence-corrected chi connectivity index (χ0v) is 8.56. The first-order valence-electron chi connectivity index (χ1n) is 4.60. The first-order chi connectivity index (χ1) is 6.63. The molecule has 1 fully saturated rings. The van der Waals surface area contributed by atoms with E-state index in [-0.39, 0.29) is 18.6 Å². The highest BCUT2D eigenvalue weighted by Crippen LogP contribution is 2.12. The Bertz CT molecular complexity index is 247. The van der Waals surface area contributed by atoms with Crippen LogP contribution >= 0.6 is 0 Å². The highest BCUT2D eigenvalue weighted by atomic mass is 16.6. The number of carbonyl (C=O) groups is 1. The molecule has 0 N–H and O–H groups in total. The molecule has 1 aliphatic heterocycles. The number of amides is 1. The molecule has 0 aromatic carbocycles. The van der Waals surface area contributed by atoms with Gasteiger partial charge in [0.2, 0.25) is 0 Å². The van der Waals surface area contributed by atoms with Gasteiger partial charge in [0.05, 0.1) is 19.0 Å². The standard InChI is InChI=1S/C9H15N3O2/c1-11(2)5-6-12-7-8(3-4-10)14-9(12)13/h8H,3,5-7H2,1-2H3. The van der Waals surface area contributed by atoms with Gasteiger partial charge in [-0.3, -0.25) is 0 Å². The second-order valence-electron chi connectivity index (χ2n) is 3.62. The van der Waals surface area contributed by atoms with Crippen molar-refractivity contribution in [2.75, 3.05) is 33.7 Å². The molecule has 78 valence electrons. The molecule has 1 heterocycles. The third-order valence-electron chi connectivity index (χ3n) is 2.09. The molecule has 0 aromatic rings. The number of hydrogen-bond donors (Lipinski definition) is 0. The predicted molar refractivity (Wildman–Crippen MR) is 50.6 cm³/mol. The number of cyclic esters (lactones) is 1. The number of carbonyl (C=O) groups excluding carboxylic acids is 1. The normalized spacial score (nSPS) is 21.1. The van der Waals surface area contributed by atoms with E-state index in [0.717, 1.165) is 6.54 Å². The minimum Gasteiger partial charge on any atom is -0.443 e. The maximum atomic E-state index is 11.2. The summed E-state index contributed by atoms with van der Waals surface area (Å²) in [6.45, 7) is 2.02. The third-order valence-corrected chi connectivity index (χ3v) is 2.09. The van der Waals surface area contributed by atoms with E-state index < -0.39 is 0 Å². The van der Waals surface area contributed by atoms with Gasteiger partial charge in [-0.25, -0.2) is 4.79 Å². The SMILES string of the molecule is CN(C)CCN1CC(CC#N)OC1=O. The highest BCUT2D eigenvalue weighted by molar-refractivity contribution is 5.69. The van der Waals surface area contributed by atoms with Crippen LogP contribution in [0.5, 0.6) is 0 Å². The van der Waals surface area contributed by atoms with E-state index in [4.69, 9.17) is 10.00 Å². The van der Waals surface area contributed by atoms with Crippen molar-refractivity contribution in [2.24, 2.45) is 0 Å². The van der Waals surface area contributed by atoms with Crippen molar-refractivity contribution in [3.63, 3.8) is 0 Å². The van der Waals surface area contributed by atoms with Crippen molar-refractivity contribution in [1.29, 1.82) is 5.26 Å². The largest absolute Gasteiger partial charge is 0.443 e. The van der Waals surface area contributed by atoms with E-state index in [9.17, 15) is 4.79 Å². The molecule has 1 amide bonds. The molecule has 0 saturated carbocycles. The lowest BCUT2D eigenvalue weighted by atomic mass is 10.3. The average molecular weight is 197 g/mol. The number of hydrogen-bond acceptors (Lipinski definition) is 4. The summed E-state index contributed by atoms with van der Waals surface area (Å²) in [4.78, 5) is 14.9. The Morgan fingerprint density at radius 2 is 2.43 bits per heavy atom. The van der Waals surface area contributed by atoms with Crippen molar-refractivity contribution >= 4 is 6.09 Å². The van der Waals surface area contributed by atoms with E-state index >= 15 is 0 Å². The van der Waals surface area contributed by atoms with Crippen molar-refractivity contribution in [1.82, 2.24) is 9.80 Å². The molecular formula is C9H15N3O2. The fourth-order valence-electron chi connectivity index (χ4n) is 1.29. The third kappa shape index (κ3) is 2.89. The van der Waals surface area contributed by atoms with Crippen molar-refractivity contribution < 1.29 is 9.53 Å². The van der Waals surface area contributed by atoms with Crippen LogP contribution in [0.3, 0.4) is 0 Å². The van der Waals surface area contributed by atoms with Gasteiger partial charge >= 0.3 is 6.09 Å². The molecular weight excluding hydrogens is 182 g/mol. The van der Waals surface area contributed by atoms with Crippen molar-refractivity contribution in [3.8, 4) is 6.07 Å². The maximum Gasteiger partial charge on any atom is 0.410 e. The molecule has 0 aliphatic carbocycles. The van der Waals surface area contributed by atoms with Gasteiger partial charge in [-0.15, -0.1) is 0 Å². The number of likely N-dealkylation sites (N-methyl/N-ethyl adjacent to an activating group) is 1. The lowest BCUT2D eigenvalue weighted by Crippen LogP contribution is -2.32. The van der Waals surface area contributed by atoms with E-state index in [1.807, 2.05) is 25.1 Å². The van der Waals surface area contributed by atoms with Crippen molar-refractivity contribution in [3.05, 3.63) is 0 Å². The molecule has 0 bridgehead atoms. The minimum absolute atomic E-state index is 0.241. The molecule has 0 spiro atoms. The second kappa shape index (κ2) is 4.82. The quantitative estimate of drug-likeness (QED) is 0.649. The Morgan fingerprint density at radius 1 is 1.71 bits per heavy atom. The summed E-state index contributed by atoms with van der Waals surface area (Å²) in [5, 5.41) is 8.45. The van der Waals surface area contributed by atoms with Gasteiger partial charge in [-0.05, 0) is 14.1 Å². The highest BCUT2D eigenvalue weighted by Gasteiger charge is 2.30. The fraction of sp³-hybridized carbons (Fsp3) is 0.778. The van der Waals surface area contributed by atoms with Gasteiger partial charge in [0.15, 0.2) is 0 Å². The monoisotopic (exact) mass is 197 g/mol. The fourth-order valence-corrected chi connectivity index (χ4v) is 1.29. The molecule has 14 heavy (non-hydrogen) atoms. The van der Waals surface area contributed by atoms with E-state index in [1.54, 1.807) is 4.90 Å². The van der Waals surface area contributed by atoms with Gasteiger partial charge in [0, 0.05) is 13.1 Å². The van der Waals surface area contributed by atoms with Gasteiger partial charge < -0.3 is 14.5 Å². The molecule has 5 heteroatoms. The Labute approximate surface area is 83.8 Å². The topological polar surface area (TPSA) is 56.6 Å². The molecule has 1 aliphatic rings. The van der Waals surface area contributed by atoms with Crippen LogP contribution in [0.25, 0.3) is 0 Å². The lowest BCUT2D eigenvalue weighted by molar-refractivity contribution is 0.133. The van der Waals surface area contributed by atoms with Crippen LogP contribution in [0.4, 0.5) is 4.79 Å². The van der Waals surface area contributed by atoms with Crippen LogP contribution < -0.4 is 0 Å². The summed E-state index contributed by atoms with van der Waals surface area (Å²) in [6, 6.07) is 2.00. The maximum absolute atomic E-state index is 11.2. The Hall–Kier alpha value is -1.28. The summed E-state index contributed by atoms with van der Waals surface area (Å²) in [6.07, 6.45) is -0.258. The summed E-state index contributed by atoms with van der Waals surface area (Å²) in [5.41, 5.74) is 0. The van der Waals surface area contributed by atoms with E-state index in [1.165, 1.54) is 0 Å². The summed E-state index contributed by atoms with van der Waals surface area (Å²) < 4.78 is 4.99. The van der Waals surface area contributed by atoms with Crippen LogP contribution in [-0.2, 0) is 4.74 Å². The Kier molecular flexibility index (Phi) is 3.72. The van der Waals surface area contributed by atoms with Crippen LogP contribution in [0, 0.1) is 11.3 Å². The first kappa shape index (κ1) is 10.8. The molecule has 0 radical (unpaired) electrons. The average Bonchev–Trinajstić information content (AvgIpc) is 2.44. The summed E-state index contributed by atoms with van der Waals surface area (Å²) >= 11 is 0. The molecule has 0 aromatic heterocycles. The van der Waals surface area contributed by atoms with Gasteiger partial charge in [0.25, 0.3) is 0 Å². The summed E-state index contributed by atoms with van der Waals surface area (Å²) in [7, 11) is 3.91. The van der Waals surface area contributed by atoms with E-state index in [2.05, 4.69) is 0 Å². The summed E-state index contributed by atoms with van der Waals surface area (Å²) in [5.74, 6) is 0. The smallest absolute Gasteiger partial charge is 0.410 e. The Balaban J connectivity index is 2.34. The molecule has 1 atom stereocenters. The second-order valence-corrected chi connectivity index (χ2v) is 3.62. The Morgan fingerprint density at radius 3 is 3.00 bits per heavy atom. The number of nitriles is 1. The predicted octanol–water partition coefficient (Wildman–Crippen LogP) is 0.282. The molecule has 1 unspecified atom stereocenters. The van der Waals surface area contributed by atoms with Gasteiger partial charge in [0.1, 0.15) is 6.10 Å². The van der Waals surface area contributed by atoms with Gasteiger partial charge in [-0.2, -0.15) is 5.26 Å². The zero-order chi connectivity index (χ0) is 10.6. The van der Waals surface area contributed by atoms with Crippen molar-refractivity contribution in [2.45, 2.75) is 12.5 Å². The van der Waals surface area contributed by atoms with Crippen LogP contribution in [-0.4, -0.2) is 55.7 Å². The minimum atomic E-state index is -0.299. The van der Waals surface area contributed by atoms with Crippen LogP contribution in [0.15, 0.2) is 0 Å². The van der Waals surface area contributed by atoms with Crippen LogP contribution in [0.1, 0.15) is 6.42 Å². The number of rotatable bonds is 4. The van der Waals surface area contributed by atoms with Gasteiger partial charge in [-0.1, -0.05) is 0 Å². The number of ether oxygens (including phenoxy) is 1.